The Labute approximate surface area is 154 Å². The van der Waals surface area contributed by atoms with Gasteiger partial charge in [-0.25, -0.2) is 0 Å². The van der Waals surface area contributed by atoms with Crippen LogP contribution in [-0.2, 0) is 4.79 Å². The number of amides is 1. The van der Waals surface area contributed by atoms with Crippen LogP contribution in [0, 0.1) is 11.8 Å². The van der Waals surface area contributed by atoms with Crippen molar-refractivity contribution in [3.05, 3.63) is 23.8 Å². The second kappa shape index (κ2) is 7.98. The maximum atomic E-state index is 12.9. The molecule has 1 aromatic rings. The molecule has 1 heterocycles. The maximum Gasteiger partial charge on any atom is 0.308 e. The number of hydrogen-bond acceptors (Lipinski definition) is 4. The van der Waals surface area contributed by atoms with Gasteiger partial charge in [-0.3, -0.25) is 9.59 Å². The van der Waals surface area contributed by atoms with Gasteiger partial charge in [-0.05, 0) is 56.2 Å². The lowest BCUT2D eigenvalue weighted by atomic mass is 9.90. The second-order valence-electron chi connectivity index (χ2n) is 7.48. The second-order valence-corrected chi connectivity index (χ2v) is 7.48. The molecule has 1 N–H and O–H groups in total. The highest BCUT2D eigenvalue weighted by Gasteiger charge is 2.32. The van der Waals surface area contributed by atoms with Crippen LogP contribution in [0.15, 0.2) is 18.2 Å². The lowest BCUT2D eigenvalue weighted by Gasteiger charge is -2.34. The van der Waals surface area contributed by atoms with E-state index in [2.05, 4.69) is 0 Å². The van der Waals surface area contributed by atoms with Gasteiger partial charge in [0, 0.05) is 18.7 Å². The number of benzene rings is 1. The third-order valence-corrected chi connectivity index (χ3v) is 5.30. The van der Waals surface area contributed by atoms with E-state index in [4.69, 9.17) is 9.47 Å². The normalized spacial score (nSPS) is 23.7. The minimum Gasteiger partial charge on any atom is -0.493 e. The molecular formula is C20H27NO5. The number of methoxy groups -OCH3 is 1. The van der Waals surface area contributed by atoms with E-state index >= 15 is 0 Å². The van der Waals surface area contributed by atoms with Gasteiger partial charge >= 0.3 is 5.97 Å². The highest BCUT2D eigenvalue weighted by Crippen LogP contribution is 2.33. The van der Waals surface area contributed by atoms with Crippen molar-refractivity contribution in [1.29, 1.82) is 0 Å². The van der Waals surface area contributed by atoms with Gasteiger partial charge in [0.15, 0.2) is 11.5 Å². The van der Waals surface area contributed by atoms with Crippen LogP contribution in [0.4, 0.5) is 0 Å². The van der Waals surface area contributed by atoms with Crippen LogP contribution in [0.25, 0.3) is 0 Å². The van der Waals surface area contributed by atoms with Crippen molar-refractivity contribution < 1.29 is 24.2 Å². The number of carboxylic acid groups (broad SMARTS) is 1. The molecule has 0 aromatic heterocycles. The number of likely N-dealkylation sites (tertiary alicyclic amines) is 1. The summed E-state index contributed by atoms with van der Waals surface area (Å²) in [5.74, 6) is -0.134. The quantitative estimate of drug-likeness (QED) is 0.871. The first-order valence-electron chi connectivity index (χ1n) is 9.34. The molecule has 142 valence electrons. The van der Waals surface area contributed by atoms with E-state index < -0.39 is 11.9 Å². The maximum absolute atomic E-state index is 12.9. The fourth-order valence-electron chi connectivity index (χ4n) is 3.96. The Bertz CT molecular complexity index is 668. The molecule has 6 heteroatoms. The molecule has 26 heavy (non-hydrogen) atoms. The molecule has 1 aliphatic heterocycles. The number of piperidine rings is 1. The number of rotatable bonds is 5. The number of ether oxygens (including phenoxy) is 2. The predicted octanol–water partition coefficient (Wildman–Crippen LogP) is 3.20. The molecule has 1 aliphatic carbocycles. The summed E-state index contributed by atoms with van der Waals surface area (Å²) in [6.07, 6.45) is 5.28. The van der Waals surface area contributed by atoms with Gasteiger partial charge in [0.05, 0.1) is 19.1 Å². The van der Waals surface area contributed by atoms with Gasteiger partial charge in [0.2, 0.25) is 0 Å². The number of aliphatic carboxylic acids is 1. The molecule has 1 amide bonds. The van der Waals surface area contributed by atoms with E-state index in [0.29, 0.717) is 30.0 Å². The zero-order valence-electron chi connectivity index (χ0n) is 15.4. The first-order chi connectivity index (χ1) is 12.5. The fourth-order valence-corrected chi connectivity index (χ4v) is 3.96. The summed E-state index contributed by atoms with van der Waals surface area (Å²) >= 11 is 0. The Morgan fingerprint density at radius 1 is 1.15 bits per heavy atom. The largest absolute Gasteiger partial charge is 0.493 e. The van der Waals surface area contributed by atoms with Gasteiger partial charge in [0.1, 0.15) is 0 Å². The van der Waals surface area contributed by atoms with Crippen molar-refractivity contribution in [2.75, 3.05) is 20.2 Å². The van der Waals surface area contributed by atoms with Gasteiger partial charge in [-0.15, -0.1) is 0 Å². The molecule has 2 fully saturated rings. The molecule has 1 saturated heterocycles. The first kappa shape index (κ1) is 18.5. The van der Waals surface area contributed by atoms with Crippen LogP contribution in [0.3, 0.4) is 0 Å². The van der Waals surface area contributed by atoms with Gasteiger partial charge in [-0.1, -0.05) is 6.92 Å². The van der Waals surface area contributed by atoms with Crippen LogP contribution in [0.5, 0.6) is 11.5 Å². The summed E-state index contributed by atoms with van der Waals surface area (Å²) in [6, 6.07) is 5.22. The summed E-state index contributed by atoms with van der Waals surface area (Å²) in [4.78, 5) is 25.9. The zero-order chi connectivity index (χ0) is 18.7. The molecular weight excluding hydrogens is 334 g/mol. The molecule has 0 spiro atoms. The van der Waals surface area contributed by atoms with Crippen LogP contribution in [-0.4, -0.2) is 48.2 Å². The lowest BCUT2D eigenvalue weighted by Crippen LogP contribution is -2.45. The van der Waals surface area contributed by atoms with Crippen LogP contribution >= 0.6 is 0 Å². The Hall–Kier alpha value is -2.24. The first-order valence-corrected chi connectivity index (χ1v) is 9.34. The highest BCUT2D eigenvalue weighted by molar-refractivity contribution is 5.95. The van der Waals surface area contributed by atoms with Crippen molar-refractivity contribution in [1.82, 2.24) is 4.90 Å². The summed E-state index contributed by atoms with van der Waals surface area (Å²) in [6.45, 7) is 2.81. The van der Waals surface area contributed by atoms with E-state index in [1.807, 2.05) is 6.92 Å². The van der Waals surface area contributed by atoms with E-state index in [9.17, 15) is 14.7 Å². The molecule has 3 rings (SSSR count). The van der Waals surface area contributed by atoms with Gasteiger partial charge in [-0.2, -0.15) is 0 Å². The third kappa shape index (κ3) is 4.11. The van der Waals surface area contributed by atoms with Crippen molar-refractivity contribution in [3.8, 4) is 11.5 Å². The van der Waals surface area contributed by atoms with Crippen molar-refractivity contribution in [2.45, 2.75) is 45.1 Å². The molecule has 2 aliphatic rings. The summed E-state index contributed by atoms with van der Waals surface area (Å²) in [5.41, 5.74) is 0.499. The van der Waals surface area contributed by atoms with Crippen molar-refractivity contribution in [3.63, 3.8) is 0 Å². The number of carbonyl (C=O) groups is 2. The average Bonchev–Trinajstić information content (AvgIpc) is 3.14. The molecule has 0 radical (unpaired) electrons. The summed E-state index contributed by atoms with van der Waals surface area (Å²) < 4.78 is 11.4. The Morgan fingerprint density at radius 2 is 1.88 bits per heavy atom. The number of carboxylic acids is 1. The highest BCUT2D eigenvalue weighted by atomic mass is 16.5. The van der Waals surface area contributed by atoms with Crippen molar-refractivity contribution >= 4 is 11.9 Å². The van der Waals surface area contributed by atoms with Crippen LogP contribution < -0.4 is 9.47 Å². The SMILES string of the molecule is COc1cc(C(=O)N2CC(C)CC(C(=O)O)C2)ccc1OC1CCCC1. The van der Waals surface area contributed by atoms with E-state index in [1.165, 1.54) is 12.8 Å². The Morgan fingerprint density at radius 3 is 2.54 bits per heavy atom. The minimum atomic E-state index is -0.841. The number of carbonyl (C=O) groups excluding carboxylic acids is 1. The third-order valence-electron chi connectivity index (χ3n) is 5.30. The summed E-state index contributed by atoms with van der Waals surface area (Å²) in [5, 5.41) is 9.31. The number of hydrogen-bond donors (Lipinski definition) is 1. The summed E-state index contributed by atoms with van der Waals surface area (Å²) in [7, 11) is 1.56. The standard InChI is InChI=1S/C20H27NO5/c1-13-9-15(20(23)24)12-21(11-13)19(22)14-7-8-17(18(10-14)25-2)26-16-5-3-4-6-16/h7-8,10,13,15-16H,3-6,9,11-12H2,1-2H3,(H,23,24). The number of nitrogens with zero attached hydrogens (tertiary/aromatic N) is 1. The molecule has 6 nitrogen and oxygen atoms in total. The lowest BCUT2D eigenvalue weighted by molar-refractivity contribution is -0.143. The molecule has 2 unspecified atom stereocenters. The predicted molar refractivity (Wildman–Crippen MR) is 96.7 cm³/mol. The minimum absolute atomic E-state index is 0.159. The molecule has 2 atom stereocenters. The molecule has 1 saturated carbocycles. The topological polar surface area (TPSA) is 76.1 Å². The van der Waals surface area contributed by atoms with Crippen LogP contribution in [0.1, 0.15) is 49.4 Å². The smallest absolute Gasteiger partial charge is 0.308 e. The molecule has 1 aromatic carbocycles. The van der Waals surface area contributed by atoms with Gasteiger partial charge in [0.25, 0.3) is 5.91 Å². The van der Waals surface area contributed by atoms with Gasteiger partial charge < -0.3 is 19.5 Å². The van der Waals surface area contributed by atoms with E-state index in [-0.39, 0.29) is 24.5 Å². The van der Waals surface area contributed by atoms with Crippen molar-refractivity contribution in [2.24, 2.45) is 11.8 Å². The van der Waals surface area contributed by atoms with E-state index in [1.54, 1.807) is 30.2 Å². The Balaban J connectivity index is 1.75. The van der Waals surface area contributed by atoms with Crippen LogP contribution in [0.2, 0.25) is 0 Å². The Kier molecular flexibility index (Phi) is 5.69. The van der Waals surface area contributed by atoms with E-state index in [0.717, 1.165) is 12.8 Å². The average molecular weight is 361 g/mol. The zero-order valence-corrected chi connectivity index (χ0v) is 15.4. The molecule has 0 bridgehead atoms. The monoisotopic (exact) mass is 361 g/mol. The fraction of sp³-hybridized carbons (Fsp3) is 0.600.